The topological polar surface area (TPSA) is 55.6 Å². The molecule has 116 valence electrons. The number of hydrogen-bond acceptors (Lipinski definition) is 3. The molecule has 0 aliphatic rings. The normalized spacial score (nSPS) is 10.9. The van der Waals surface area contributed by atoms with E-state index in [0.717, 1.165) is 11.4 Å². The minimum absolute atomic E-state index is 0.190. The number of nitrogens with one attached hydrogen (secondary N) is 1. The van der Waals surface area contributed by atoms with Crippen molar-refractivity contribution < 1.29 is 9.53 Å². The van der Waals surface area contributed by atoms with E-state index in [0.29, 0.717) is 15.8 Å². The van der Waals surface area contributed by atoms with Crippen molar-refractivity contribution in [3.05, 3.63) is 51.8 Å². The molecule has 1 heterocycles. The molecule has 1 aromatic heterocycles. The third-order valence-electron chi connectivity index (χ3n) is 3.05. The quantitative estimate of drug-likeness (QED) is 0.671. The van der Waals surface area contributed by atoms with Gasteiger partial charge in [0, 0.05) is 17.8 Å². The summed E-state index contributed by atoms with van der Waals surface area (Å²) in [4.78, 5) is 11.6. The summed E-state index contributed by atoms with van der Waals surface area (Å²) in [6.07, 6.45) is 1.57. The zero-order valence-electron chi connectivity index (χ0n) is 12.1. The first-order valence-electron chi connectivity index (χ1n) is 6.49. The molecule has 0 spiro atoms. The molecule has 0 bridgehead atoms. The predicted octanol–water partition coefficient (Wildman–Crippen LogP) is 3.17. The number of carbonyl (C=O) groups is 1. The van der Waals surface area contributed by atoms with E-state index < -0.39 is 0 Å². The Morgan fingerprint density at radius 2 is 2.14 bits per heavy atom. The number of aromatic nitrogens is 1. The van der Waals surface area contributed by atoms with E-state index in [4.69, 9.17) is 27.9 Å². The number of hydrogen-bond donors (Lipinski definition) is 1. The Morgan fingerprint density at radius 1 is 1.36 bits per heavy atom. The average Bonchev–Trinajstić information content (AvgIpc) is 2.78. The summed E-state index contributed by atoms with van der Waals surface area (Å²) < 4.78 is 7.26. The van der Waals surface area contributed by atoms with Crippen LogP contribution in [0.4, 0.5) is 0 Å². The lowest BCUT2D eigenvalue weighted by atomic mass is 10.3. The molecule has 5 nitrogen and oxygen atoms in total. The Kier molecular flexibility index (Phi) is 5.46. The van der Waals surface area contributed by atoms with Gasteiger partial charge in [-0.2, -0.15) is 5.10 Å². The van der Waals surface area contributed by atoms with Gasteiger partial charge in [-0.1, -0.05) is 23.2 Å². The number of aryl methyl sites for hydroxylation is 1. The molecule has 1 amide bonds. The minimum atomic E-state index is -0.381. The molecule has 22 heavy (non-hydrogen) atoms. The summed E-state index contributed by atoms with van der Waals surface area (Å²) in [5.41, 5.74) is 4.39. The van der Waals surface area contributed by atoms with Crippen LogP contribution in [0.25, 0.3) is 0 Å². The molecule has 2 aromatic rings. The van der Waals surface area contributed by atoms with Gasteiger partial charge < -0.3 is 9.30 Å². The first-order chi connectivity index (χ1) is 10.5. The summed E-state index contributed by atoms with van der Waals surface area (Å²) in [7, 11) is 1.92. The first kappa shape index (κ1) is 16.4. The smallest absolute Gasteiger partial charge is 0.277 e. The standard InChI is InChI=1S/C15H15Cl2N3O2/c1-10-3-5-12(20(10)2)8-18-19-15(21)9-22-14-6-4-11(16)7-13(14)17/h3-8H,9H2,1-2H3,(H,19,21)/b18-8-. The molecule has 7 heteroatoms. The molecule has 1 N–H and O–H groups in total. The Bertz CT molecular complexity index is 711. The summed E-state index contributed by atoms with van der Waals surface area (Å²) in [6, 6.07) is 8.67. The van der Waals surface area contributed by atoms with E-state index in [1.807, 2.05) is 30.7 Å². The van der Waals surface area contributed by atoms with Crippen molar-refractivity contribution in [3.8, 4) is 5.75 Å². The number of rotatable bonds is 5. The predicted molar refractivity (Wildman–Crippen MR) is 87.8 cm³/mol. The maximum atomic E-state index is 11.6. The molecule has 1 aromatic carbocycles. The van der Waals surface area contributed by atoms with Crippen molar-refractivity contribution in [2.24, 2.45) is 12.1 Å². The van der Waals surface area contributed by atoms with Crippen LogP contribution in [0.2, 0.25) is 10.0 Å². The van der Waals surface area contributed by atoms with Crippen LogP contribution in [0.3, 0.4) is 0 Å². The molecule has 0 atom stereocenters. The van der Waals surface area contributed by atoms with Gasteiger partial charge in [-0.25, -0.2) is 5.43 Å². The molecule has 0 saturated heterocycles. The Balaban J connectivity index is 1.84. The van der Waals surface area contributed by atoms with Crippen LogP contribution in [-0.2, 0) is 11.8 Å². The third kappa shape index (κ3) is 4.26. The highest BCUT2D eigenvalue weighted by Gasteiger charge is 2.06. The fourth-order valence-corrected chi connectivity index (χ4v) is 2.16. The fraction of sp³-hybridized carbons (Fsp3) is 0.200. The first-order valence-corrected chi connectivity index (χ1v) is 7.25. The second-order valence-electron chi connectivity index (χ2n) is 4.62. The van der Waals surface area contributed by atoms with Crippen LogP contribution in [-0.4, -0.2) is 23.3 Å². The largest absolute Gasteiger partial charge is 0.482 e. The highest BCUT2D eigenvalue weighted by Crippen LogP contribution is 2.27. The van der Waals surface area contributed by atoms with Gasteiger partial charge in [0.15, 0.2) is 6.61 Å². The van der Waals surface area contributed by atoms with Gasteiger partial charge in [0.05, 0.1) is 16.9 Å². The van der Waals surface area contributed by atoms with Crippen LogP contribution >= 0.6 is 23.2 Å². The number of benzene rings is 1. The highest BCUT2D eigenvalue weighted by atomic mass is 35.5. The maximum Gasteiger partial charge on any atom is 0.277 e. The van der Waals surface area contributed by atoms with Crippen molar-refractivity contribution in [2.75, 3.05) is 6.61 Å². The van der Waals surface area contributed by atoms with Gasteiger partial charge in [0.25, 0.3) is 5.91 Å². The molecule has 2 rings (SSSR count). The van der Waals surface area contributed by atoms with Crippen LogP contribution in [0, 0.1) is 6.92 Å². The van der Waals surface area contributed by atoms with Crippen LogP contribution < -0.4 is 10.2 Å². The van der Waals surface area contributed by atoms with Gasteiger partial charge in [-0.05, 0) is 37.3 Å². The highest BCUT2D eigenvalue weighted by molar-refractivity contribution is 6.35. The average molecular weight is 340 g/mol. The zero-order valence-corrected chi connectivity index (χ0v) is 13.6. The van der Waals surface area contributed by atoms with Crippen molar-refractivity contribution in [1.82, 2.24) is 9.99 Å². The molecular weight excluding hydrogens is 325 g/mol. The van der Waals surface area contributed by atoms with Crippen molar-refractivity contribution in [3.63, 3.8) is 0 Å². The lowest BCUT2D eigenvalue weighted by Gasteiger charge is -2.07. The molecule has 0 unspecified atom stereocenters. The number of amides is 1. The Hall–Kier alpha value is -1.98. The van der Waals surface area contributed by atoms with Gasteiger partial charge in [0.2, 0.25) is 0 Å². The molecule has 0 saturated carbocycles. The maximum absolute atomic E-state index is 11.6. The number of ether oxygens (including phenoxy) is 1. The Labute approximate surface area is 138 Å². The van der Waals surface area contributed by atoms with Crippen molar-refractivity contribution in [2.45, 2.75) is 6.92 Å². The second-order valence-corrected chi connectivity index (χ2v) is 5.46. The molecule has 0 fully saturated rings. The Morgan fingerprint density at radius 3 is 2.77 bits per heavy atom. The number of nitrogens with zero attached hydrogens (tertiary/aromatic N) is 2. The minimum Gasteiger partial charge on any atom is -0.482 e. The zero-order chi connectivity index (χ0) is 16.1. The summed E-state index contributed by atoms with van der Waals surface area (Å²) in [5.74, 6) is 0.0106. The van der Waals surface area contributed by atoms with E-state index in [1.165, 1.54) is 0 Å². The van der Waals surface area contributed by atoms with Gasteiger partial charge in [-0.15, -0.1) is 0 Å². The second kappa shape index (κ2) is 7.33. The lowest BCUT2D eigenvalue weighted by molar-refractivity contribution is -0.123. The fourth-order valence-electron chi connectivity index (χ4n) is 1.70. The van der Waals surface area contributed by atoms with Crippen molar-refractivity contribution >= 4 is 35.3 Å². The van der Waals surface area contributed by atoms with Gasteiger partial charge >= 0.3 is 0 Å². The number of carbonyl (C=O) groups excluding carboxylic acids is 1. The van der Waals surface area contributed by atoms with E-state index >= 15 is 0 Å². The molecule has 0 aliphatic heterocycles. The SMILES string of the molecule is Cc1ccc(/C=N\NC(=O)COc2ccc(Cl)cc2Cl)n1C. The van der Waals surface area contributed by atoms with Crippen LogP contribution in [0.15, 0.2) is 35.4 Å². The molecule has 0 aliphatic carbocycles. The summed E-state index contributed by atoms with van der Waals surface area (Å²) in [6.45, 7) is 1.80. The number of halogens is 2. The van der Waals surface area contributed by atoms with E-state index in [-0.39, 0.29) is 12.5 Å². The molecular formula is C15H15Cl2N3O2. The number of hydrazone groups is 1. The van der Waals surface area contributed by atoms with Crippen LogP contribution in [0.5, 0.6) is 5.75 Å². The van der Waals surface area contributed by atoms with E-state index in [2.05, 4.69) is 10.5 Å². The summed E-state index contributed by atoms with van der Waals surface area (Å²) >= 11 is 11.7. The summed E-state index contributed by atoms with van der Waals surface area (Å²) in [5, 5.41) is 4.74. The van der Waals surface area contributed by atoms with Gasteiger partial charge in [-0.3, -0.25) is 4.79 Å². The monoisotopic (exact) mass is 339 g/mol. The van der Waals surface area contributed by atoms with E-state index in [1.54, 1.807) is 24.4 Å². The third-order valence-corrected chi connectivity index (χ3v) is 3.58. The van der Waals surface area contributed by atoms with Crippen molar-refractivity contribution in [1.29, 1.82) is 0 Å². The van der Waals surface area contributed by atoms with Crippen LogP contribution in [0.1, 0.15) is 11.4 Å². The van der Waals surface area contributed by atoms with Gasteiger partial charge in [0.1, 0.15) is 5.75 Å². The lowest BCUT2D eigenvalue weighted by Crippen LogP contribution is -2.24. The van der Waals surface area contributed by atoms with E-state index in [9.17, 15) is 4.79 Å². The molecule has 0 radical (unpaired) electrons.